The van der Waals surface area contributed by atoms with E-state index in [1.807, 2.05) is 0 Å². The molecule has 1 aliphatic heterocycles. The molecule has 0 radical (unpaired) electrons. The highest BCUT2D eigenvalue weighted by Gasteiger charge is 2.17. The molecule has 0 unspecified atom stereocenters. The minimum absolute atomic E-state index is 0.0801. The standard InChI is InChI=1S/C18H29N5O/c1-22-9-11-23(12-10-22)18-19-13-16(14-20-18)21-17(24)8-7-15-5-3-2-4-6-15/h13-15H,2-12H2,1H3,(H,21,24). The highest BCUT2D eigenvalue weighted by atomic mass is 16.1. The Bertz CT molecular complexity index is 519. The average Bonchev–Trinajstić information content (AvgIpc) is 2.62. The number of hydrogen-bond acceptors (Lipinski definition) is 5. The predicted octanol–water partition coefficient (Wildman–Crippen LogP) is 2.53. The van der Waals surface area contributed by atoms with Gasteiger partial charge in [0.25, 0.3) is 0 Å². The molecule has 1 saturated carbocycles. The highest BCUT2D eigenvalue weighted by Crippen LogP contribution is 2.27. The van der Waals surface area contributed by atoms with Crippen LogP contribution in [-0.4, -0.2) is 54.0 Å². The first-order chi connectivity index (χ1) is 11.7. The van der Waals surface area contributed by atoms with Gasteiger partial charge in [0.05, 0.1) is 18.1 Å². The first kappa shape index (κ1) is 17.1. The topological polar surface area (TPSA) is 61.4 Å². The van der Waals surface area contributed by atoms with Crippen LogP contribution >= 0.6 is 0 Å². The van der Waals surface area contributed by atoms with Crippen molar-refractivity contribution in [1.29, 1.82) is 0 Å². The third-order valence-corrected chi connectivity index (χ3v) is 5.21. The Morgan fingerprint density at radius 1 is 1.12 bits per heavy atom. The zero-order chi connectivity index (χ0) is 16.8. The number of anilines is 2. The minimum atomic E-state index is 0.0801. The van der Waals surface area contributed by atoms with E-state index in [0.717, 1.165) is 44.5 Å². The Morgan fingerprint density at radius 2 is 1.79 bits per heavy atom. The molecule has 2 fully saturated rings. The molecule has 1 amide bonds. The summed E-state index contributed by atoms with van der Waals surface area (Å²) in [5.41, 5.74) is 0.696. The van der Waals surface area contributed by atoms with E-state index in [-0.39, 0.29) is 5.91 Å². The van der Waals surface area contributed by atoms with Gasteiger partial charge in [-0.2, -0.15) is 0 Å². The number of nitrogens with one attached hydrogen (secondary N) is 1. The normalized spacial score (nSPS) is 20.1. The number of nitrogens with zero attached hydrogens (tertiary/aromatic N) is 4. The van der Waals surface area contributed by atoms with Crippen LogP contribution in [0.15, 0.2) is 12.4 Å². The maximum Gasteiger partial charge on any atom is 0.225 e. The summed E-state index contributed by atoms with van der Waals surface area (Å²) in [6, 6.07) is 0. The molecule has 24 heavy (non-hydrogen) atoms. The molecule has 3 rings (SSSR count). The van der Waals surface area contributed by atoms with E-state index < -0.39 is 0 Å². The van der Waals surface area contributed by atoms with Crippen molar-refractivity contribution >= 4 is 17.5 Å². The van der Waals surface area contributed by atoms with Crippen LogP contribution in [0.3, 0.4) is 0 Å². The van der Waals surface area contributed by atoms with Gasteiger partial charge < -0.3 is 15.1 Å². The SMILES string of the molecule is CN1CCN(c2ncc(NC(=O)CCC3CCCCC3)cn2)CC1. The van der Waals surface area contributed by atoms with E-state index in [4.69, 9.17) is 0 Å². The number of likely N-dealkylation sites (N-methyl/N-ethyl adjacent to an activating group) is 1. The van der Waals surface area contributed by atoms with Crippen molar-refractivity contribution in [2.24, 2.45) is 5.92 Å². The van der Waals surface area contributed by atoms with Crippen LogP contribution in [-0.2, 0) is 4.79 Å². The number of aromatic nitrogens is 2. The molecule has 2 heterocycles. The monoisotopic (exact) mass is 331 g/mol. The van der Waals surface area contributed by atoms with Gasteiger partial charge in [0.1, 0.15) is 0 Å². The van der Waals surface area contributed by atoms with Gasteiger partial charge in [-0.3, -0.25) is 4.79 Å². The van der Waals surface area contributed by atoms with E-state index in [1.54, 1.807) is 12.4 Å². The summed E-state index contributed by atoms with van der Waals surface area (Å²) in [4.78, 5) is 25.4. The Balaban J connectivity index is 1.44. The second-order valence-corrected chi connectivity index (χ2v) is 7.15. The van der Waals surface area contributed by atoms with E-state index in [2.05, 4.69) is 32.1 Å². The Kier molecular flexibility index (Phi) is 6.01. The van der Waals surface area contributed by atoms with Gasteiger partial charge >= 0.3 is 0 Å². The van der Waals surface area contributed by atoms with Crippen LogP contribution in [0.2, 0.25) is 0 Å². The maximum atomic E-state index is 12.1. The molecule has 2 aliphatic rings. The third kappa shape index (κ3) is 4.90. The second-order valence-electron chi connectivity index (χ2n) is 7.15. The molecule has 1 N–H and O–H groups in total. The number of carbonyl (C=O) groups excluding carboxylic acids is 1. The van der Waals surface area contributed by atoms with Gasteiger partial charge in [-0.15, -0.1) is 0 Å². The molecular weight excluding hydrogens is 302 g/mol. The fourth-order valence-corrected chi connectivity index (χ4v) is 3.59. The summed E-state index contributed by atoms with van der Waals surface area (Å²) in [5, 5.41) is 2.93. The molecule has 0 aromatic carbocycles. The molecule has 0 bridgehead atoms. The van der Waals surface area contributed by atoms with Gasteiger partial charge in [0.2, 0.25) is 11.9 Å². The molecule has 1 aliphatic carbocycles. The van der Waals surface area contributed by atoms with Crippen molar-refractivity contribution in [3.63, 3.8) is 0 Å². The molecule has 0 spiro atoms. The van der Waals surface area contributed by atoms with Crippen molar-refractivity contribution < 1.29 is 4.79 Å². The van der Waals surface area contributed by atoms with Crippen LogP contribution in [0, 0.1) is 5.92 Å². The predicted molar refractivity (Wildman–Crippen MR) is 96.2 cm³/mol. The van der Waals surface area contributed by atoms with Gasteiger partial charge in [-0.05, 0) is 19.4 Å². The van der Waals surface area contributed by atoms with Crippen molar-refractivity contribution in [2.45, 2.75) is 44.9 Å². The summed E-state index contributed by atoms with van der Waals surface area (Å²) in [5.74, 6) is 1.57. The summed E-state index contributed by atoms with van der Waals surface area (Å²) in [6.07, 6.45) is 11.6. The van der Waals surface area contributed by atoms with Crippen LogP contribution in [0.5, 0.6) is 0 Å². The Hall–Kier alpha value is -1.69. The summed E-state index contributed by atoms with van der Waals surface area (Å²) < 4.78 is 0. The number of amides is 1. The first-order valence-electron chi connectivity index (χ1n) is 9.26. The van der Waals surface area contributed by atoms with E-state index >= 15 is 0 Å². The van der Waals surface area contributed by atoms with Gasteiger partial charge in [-0.1, -0.05) is 32.1 Å². The van der Waals surface area contributed by atoms with Crippen molar-refractivity contribution in [1.82, 2.24) is 14.9 Å². The summed E-state index contributed by atoms with van der Waals surface area (Å²) >= 11 is 0. The largest absolute Gasteiger partial charge is 0.338 e. The molecule has 1 saturated heterocycles. The van der Waals surface area contributed by atoms with Crippen molar-refractivity contribution in [3.8, 4) is 0 Å². The van der Waals surface area contributed by atoms with Crippen LogP contribution in [0.4, 0.5) is 11.6 Å². The maximum absolute atomic E-state index is 12.1. The lowest BCUT2D eigenvalue weighted by molar-refractivity contribution is -0.116. The highest BCUT2D eigenvalue weighted by molar-refractivity contribution is 5.90. The molecular formula is C18H29N5O. The molecule has 0 atom stereocenters. The smallest absolute Gasteiger partial charge is 0.225 e. The summed E-state index contributed by atoms with van der Waals surface area (Å²) in [7, 11) is 2.13. The molecule has 1 aromatic heterocycles. The number of hydrogen-bond donors (Lipinski definition) is 1. The lowest BCUT2D eigenvalue weighted by Crippen LogP contribution is -2.45. The second kappa shape index (κ2) is 8.42. The van der Waals surface area contributed by atoms with Gasteiger partial charge in [0, 0.05) is 32.6 Å². The van der Waals surface area contributed by atoms with E-state index in [1.165, 1.54) is 32.1 Å². The van der Waals surface area contributed by atoms with Crippen molar-refractivity contribution in [3.05, 3.63) is 12.4 Å². The van der Waals surface area contributed by atoms with Crippen LogP contribution < -0.4 is 10.2 Å². The lowest BCUT2D eigenvalue weighted by Gasteiger charge is -2.32. The van der Waals surface area contributed by atoms with Crippen LogP contribution in [0.25, 0.3) is 0 Å². The van der Waals surface area contributed by atoms with Crippen molar-refractivity contribution in [2.75, 3.05) is 43.4 Å². The van der Waals surface area contributed by atoms with Gasteiger partial charge in [-0.25, -0.2) is 9.97 Å². The fraction of sp³-hybridized carbons (Fsp3) is 0.722. The first-order valence-corrected chi connectivity index (χ1v) is 9.26. The molecule has 1 aromatic rings. The Morgan fingerprint density at radius 3 is 2.46 bits per heavy atom. The van der Waals surface area contributed by atoms with Crippen LogP contribution in [0.1, 0.15) is 44.9 Å². The fourth-order valence-electron chi connectivity index (χ4n) is 3.59. The summed E-state index contributed by atoms with van der Waals surface area (Å²) in [6.45, 7) is 3.96. The third-order valence-electron chi connectivity index (χ3n) is 5.21. The Labute approximate surface area is 144 Å². The number of piperazine rings is 1. The van der Waals surface area contributed by atoms with E-state index in [9.17, 15) is 4.79 Å². The number of carbonyl (C=O) groups is 1. The zero-order valence-corrected chi connectivity index (χ0v) is 14.7. The molecule has 132 valence electrons. The number of rotatable bonds is 5. The molecule has 6 nitrogen and oxygen atoms in total. The van der Waals surface area contributed by atoms with E-state index in [0.29, 0.717) is 12.1 Å². The molecule has 6 heteroatoms. The average molecular weight is 331 g/mol. The quantitative estimate of drug-likeness (QED) is 0.898. The van der Waals surface area contributed by atoms with Gasteiger partial charge in [0.15, 0.2) is 0 Å². The zero-order valence-electron chi connectivity index (χ0n) is 14.7. The lowest BCUT2D eigenvalue weighted by atomic mass is 9.86. The minimum Gasteiger partial charge on any atom is -0.338 e.